The maximum Gasteiger partial charge on any atom is 0.307 e. The number of rotatable bonds is 5. The minimum Gasteiger partial charge on any atom is -0.505 e. The molecule has 122 valence electrons. The number of hydrogen-bond acceptors (Lipinski definition) is 4. The van der Waals surface area contributed by atoms with Gasteiger partial charge in [-0.25, -0.2) is 8.42 Å². The second kappa shape index (κ2) is 6.66. The van der Waals surface area contributed by atoms with Crippen LogP contribution in [0.5, 0.6) is 5.75 Å². The standard InChI is InChI=1S/C14H11Cl2NO5S/c15-9-6-11(16)14(20)12(7-9)23(21,22)17-10-3-1-8(2-4-10)5-13(18)19/h1-4,6-7,17,20H,5H2,(H,18,19). The van der Waals surface area contributed by atoms with Gasteiger partial charge in [0.2, 0.25) is 0 Å². The summed E-state index contributed by atoms with van der Waals surface area (Å²) in [7, 11) is -4.11. The summed E-state index contributed by atoms with van der Waals surface area (Å²) < 4.78 is 26.9. The van der Waals surface area contributed by atoms with Gasteiger partial charge in [0.15, 0.2) is 5.75 Å². The number of benzene rings is 2. The lowest BCUT2D eigenvalue weighted by atomic mass is 10.1. The highest BCUT2D eigenvalue weighted by atomic mass is 35.5. The first-order valence-electron chi connectivity index (χ1n) is 6.20. The highest BCUT2D eigenvalue weighted by Gasteiger charge is 2.21. The van der Waals surface area contributed by atoms with E-state index < -0.39 is 26.6 Å². The van der Waals surface area contributed by atoms with Crippen molar-refractivity contribution in [3.05, 3.63) is 52.0 Å². The van der Waals surface area contributed by atoms with Crippen molar-refractivity contribution in [1.82, 2.24) is 0 Å². The summed E-state index contributed by atoms with van der Waals surface area (Å²) in [5.74, 6) is -1.59. The van der Waals surface area contributed by atoms with Gasteiger partial charge in [-0.15, -0.1) is 0 Å². The van der Waals surface area contributed by atoms with Crippen LogP contribution in [0.4, 0.5) is 5.69 Å². The lowest BCUT2D eigenvalue weighted by Crippen LogP contribution is -2.13. The van der Waals surface area contributed by atoms with Gasteiger partial charge in [0.25, 0.3) is 10.0 Å². The second-order valence-corrected chi connectivity index (χ2v) is 7.10. The molecule has 0 saturated carbocycles. The normalized spacial score (nSPS) is 11.2. The third kappa shape index (κ3) is 4.28. The highest BCUT2D eigenvalue weighted by molar-refractivity contribution is 7.92. The zero-order valence-electron chi connectivity index (χ0n) is 11.5. The number of sulfonamides is 1. The third-order valence-corrected chi connectivity index (χ3v) is 4.75. The lowest BCUT2D eigenvalue weighted by Gasteiger charge is -2.11. The predicted octanol–water partition coefficient (Wildman–Crippen LogP) is 3.13. The van der Waals surface area contributed by atoms with Gasteiger partial charge in [-0.3, -0.25) is 9.52 Å². The van der Waals surface area contributed by atoms with E-state index in [1.807, 2.05) is 0 Å². The van der Waals surface area contributed by atoms with Crippen molar-refractivity contribution in [3.63, 3.8) is 0 Å². The van der Waals surface area contributed by atoms with Crippen molar-refractivity contribution in [2.24, 2.45) is 0 Å². The molecule has 2 aromatic rings. The fourth-order valence-electron chi connectivity index (χ4n) is 1.82. The molecule has 3 N–H and O–H groups in total. The van der Waals surface area contributed by atoms with E-state index in [9.17, 15) is 18.3 Å². The number of aliphatic carboxylic acids is 1. The van der Waals surface area contributed by atoms with Gasteiger partial charge < -0.3 is 10.2 Å². The highest BCUT2D eigenvalue weighted by Crippen LogP contribution is 2.34. The molecule has 0 aliphatic carbocycles. The van der Waals surface area contributed by atoms with Crippen LogP contribution in [0.15, 0.2) is 41.3 Å². The molecule has 9 heteroatoms. The van der Waals surface area contributed by atoms with E-state index >= 15 is 0 Å². The van der Waals surface area contributed by atoms with Crippen LogP contribution in [0.2, 0.25) is 10.0 Å². The van der Waals surface area contributed by atoms with E-state index in [1.165, 1.54) is 30.3 Å². The first-order chi connectivity index (χ1) is 10.7. The van der Waals surface area contributed by atoms with Gasteiger partial charge in [0.05, 0.1) is 11.4 Å². The number of hydrogen-bond donors (Lipinski definition) is 3. The predicted molar refractivity (Wildman–Crippen MR) is 86.7 cm³/mol. The molecule has 0 aromatic heterocycles. The summed E-state index contributed by atoms with van der Waals surface area (Å²) in [6.07, 6.45) is -0.169. The largest absolute Gasteiger partial charge is 0.505 e. The van der Waals surface area contributed by atoms with Crippen LogP contribution in [0, 0.1) is 0 Å². The summed E-state index contributed by atoms with van der Waals surface area (Å²) in [6.45, 7) is 0. The lowest BCUT2D eigenvalue weighted by molar-refractivity contribution is -0.136. The Balaban J connectivity index is 2.30. The average Bonchev–Trinajstić information content (AvgIpc) is 2.44. The molecule has 0 unspecified atom stereocenters. The number of phenols is 1. The number of anilines is 1. The minimum atomic E-state index is -4.11. The summed E-state index contributed by atoms with van der Waals surface area (Å²) >= 11 is 11.5. The first-order valence-corrected chi connectivity index (χ1v) is 8.44. The van der Waals surface area contributed by atoms with Gasteiger partial charge in [-0.2, -0.15) is 0 Å². The molecule has 0 atom stereocenters. The molecule has 0 amide bonds. The number of nitrogens with one attached hydrogen (secondary N) is 1. The number of carbonyl (C=O) groups is 1. The first kappa shape index (κ1) is 17.4. The van der Waals surface area contributed by atoms with Crippen LogP contribution in [0.1, 0.15) is 5.56 Å². The maximum absolute atomic E-state index is 12.3. The zero-order chi connectivity index (χ0) is 17.2. The van der Waals surface area contributed by atoms with Crippen molar-refractivity contribution < 1.29 is 23.4 Å². The average molecular weight is 376 g/mol. The molecule has 0 saturated heterocycles. The Labute approximate surface area is 142 Å². The van der Waals surface area contributed by atoms with E-state index in [2.05, 4.69) is 4.72 Å². The molecule has 2 aromatic carbocycles. The van der Waals surface area contributed by atoms with Crippen LogP contribution in [-0.4, -0.2) is 24.6 Å². The van der Waals surface area contributed by atoms with Crippen LogP contribution < -0.4 is 4.72 Å². The monoisotopic (exact) mass is 375 g/mol. The van der Waals surface area contributed by atoms with Crippen LogP contribution in [-0.2, 0) is 21.2 Å². The van der Waals surface area contributed by atoms with Gasteiger partial charge >= 0.3 is 5.97 Å². The maximum atomic E-state index is 12.3. The smallest absolute Gasteiger partial charge is 0.307 e. The molecular formula is C14H11Cl2NO5S. The fourth-order valence-corrected chi connectivity index (χ4v) is 3.64. The summed E-state index contributed by atoms with van der Waals surface area (Å²) in [5.41, 5.74) is 0.726. The minimum absolute atomic E-state index is 0.0602. The molecule has 0 aliphatic rings. The molecule has 6 nitrogen and oxygen atoms in total. The zero-order valence-corrected chi connectivity index (χ0v) is 13.8. The number of carboxylic acids is 1. The Bertz CT molecular complexity index is 850. The van der Waals surface area contributed by atoms with Crippen molar-refractivity contribution in [1.29, 1.82) is 0 Å². The molecule has 23 heavy (non-hydrogen) atoms. The Morgan fingerprint density at radius 3 is 2.30 bits per heavy atom. The Morgan fingerprint density at radius 1 is 1.13 bits per heavy atom. The van der Waals surface area contributed by atoms with Crippen molar-refractivity contribution in [2.75, 3.05) is 4.72 Å². The number of phenolic OH excluding ortho intramolecular Hbond substituents is 1. The summed E-state index contributed by atoms with van der Waals surface area (Å²) in [4.78, 5) is 10.2. The van der Waals surface area contributed by atoms with Gasteiger partial charge in [0, 0.05) is 10.7 Å². The van der Waals surface area contributed by atoms with Gasteiger partial charge in [0.1, 0.15) is 4.90 Å². The molecule has 0 heterocycles. The van der Waals surface area contributed by atoms with Crippen LogP contribution >= 0.6 is 23.2 Å². The molecule has 0 spiro atoms. The second-order valence-electron chi connectivity index (χ2n) is 4.61. The van der Waals surface area contributed by atoms with Crippen molar-refractivity contribution >= 4 is 44.9 Å². The van der Waals surface area contributed by atoms with E-state index in [1.54, 1.807) is 0 Å². The molecule has 0 fully saturated rings. The molecule has 0 radical (unpaired) electrons. The summed E-state index contributed by atoms with van der Waals surface area (Å²) in [5, 5.41) is 18.4. The van der Waals surface area contributed by atoms with Gasteiger partial charge in [-0.1, -0.05) is 35.3 Å². The van der Waals surface area contributed by atoms with E-state index in [0.29, 0.717) is 5.56 Å². The van der Waals surface area contributed by atoms with E-state index in [-0.39, 0.29) is 22.2 Å². The quantitative estimate of drug-likeness (QED) is 0.744. The molecule has 0 aliphatic heterocycles. The van der Waals surface area contributed by atoms with E-state index in [0.717, 1.165) is 6.07 Å². The van der Waals surface area contributed by atoms with Crippen LogP contribution in [0.25, 0.3) is 0 Å². The topological polar surface area (TPSA) is 104 Å². The molecular weight excluding hydrogens is 365 g/mol. The molecule has 0 bridgehead atoms. The van der Waals surface area contributed by atoms with Crippen LogP contribution in [0.3, 0.4) is 0 Å². The summed E-state index contributed by atoms with van der Waals surface area (Å²) in [6, 6.07) is 8.09. The SMILES string of the molecule is O=C(O)Cc1ccc(NS(=O)(=O)c2cc(Cl)cc(Cl)c2O)cc1. The Kier molecular flexibility index (Phi) is 5.03. The Morgan fingerprint density at radius 2 is 1.74 bits per heavy atom. The van der Waals surface area contributed by atoms with Gasteiger partial charge in [-0.05, 0) is 29.8 Å². The third-order valence-electron chi connectivity index (χ3n) is 2.84. The number of carboxylic acid groups (broad SMARTS) is 1. The van der Waals surface area contributed by atoms with Crippen molar-refractivity contribution in [3.8, 4) is 5.75 Å². The number of aromatic hydroxyl groups is 1. The molecule has 2 rings (SSSR count). The fraction of sp³-hybridized carbons (Fsp3) is 0.0714. The Hall–Kier alpha value is -1.96. The van der Waals surface area contributed by atoms with E-state index in [4.69, 9.17) is 28.3 Å². The number of halogens is 2. The van der Waals surface area contributed by atoms with Crippen molar-refractivity contribution in [2.45, 2.75) is 11.3 Å².